The largest absolute Gasteiger partial charge is 0.455 e. The number of nitrogens with zero attached hydrogens (tertiary/aromatic N) is 3. The number of amides is 2. The van der Waals surface area contributed by atoms with Gasteiger partial charge in [-0.25, -0.2) is 14.3 Å². The summed E-state index contributed by atoms with van der Waals surface area (Å²) in [4.78, 5) is 30.9. The number of hydrogen-bond donors (Lipinski definition) is 3. The number of hydrogen-bond acceptors (Lipinski definition) is 7. The first kappa shape index (κ1) is 33.9. The molecule has 3 aromatic heterocycles. The van der Waals surface area contributed by atoms with Gasteiger partial charge in [-0.2, -0.15) is 5.10 Å². The van der Waals surface area contributed by atoms with E-state index in [0.29, 0.717) is 33.7 Å². The smallest absolute Gasteiger partial charge is 0.407 e. The number of aromatic nitrogens is 3. The SMILES string of the molecule is CC(C)(C)OC(=O)NCCC(C(=O)Nc1ccc(Nc2nc(-c3cccc4c3oc3ccccc34)cc3ccnn23)cc1)c1ccc(Cl)c(Cl)c1. The number of furan rings is 1. The van der Waals surface area contributed by atoms with Gasteiger partial charge in [0.1, 0.15) is 16.8 Å². The number of halogens is 2. The predicted octanol–water partition coefficient (Wildman–Crippen LogP) is 9.98. The van der Waals surface area contributed by atoms with Crippen molar-refractivity contribution in [3.8, 4) is 11.3 Å². The number of ether oxygens (including phenoxy) is 1. The fourth-order valence-corrected chi connectivity index (χ4v) is 6.21. The van der Waals surface area contributed by atoms with E-state index in [1.807, 2.05) is 54.6 Å². The Hall–Kier alpha value is -5.58. The third-order valence-electron chi connectivity index (χ3n) is 8.24. The van der Waals surface area contributed by atoms with E-state index >= 15 is 0 Å². The van der Waals surface area contributed by atoms with E-state index in [9.17, 15) is 9.59 Å². The molecule has 2 amide bonds. The molecule has 1 unspecified atom stereocenters. The Kier molecular flexibility index (Phi) is 9.29. The van der Waals surface area contributed by atoms with Crippen molar-refractivity contribution in [3.05, 3.63) is 119 Å². The van der Waals surface area contributed by atoms with Gasteiger partial charge in [0, 0.05) is 34.3 Å². The number of benzene rings is 4. The predicted molar refractivity (Wildman–Crippen MR) is 202 cm³/mol. The second-order valence-corrected chi connectivity index (χ2v) is 13.9. The first-order valence-electron chi connectivity index (χ1n) is 16.4. The van der Waals surface area contributed by atoms with Crippen molar-refractivity contribution >= 4 is 80.0 Å². The molecule has 3 N–H and O–H groups in total. The molecule has 0 saturated heterocycles. The molecule has 0 aliphatic heterocycles. The lowest BCUT2D eigenvalue weighted by Crippen LogP contribution is -2.34. The molecule has 7 aromatic rings. The highest BCUT2D eigenvalue weighted by Gasteiger charge is 2.23. The van der Waals surface area contributed by atoms with Gasteiger partial charge in [0.25, 0.3) is 0 Å². The number of rotatable bonds is 9. The number of para-hydroxylation sites is 2. The molecule has 0 fully saturated rings. The lowest BCUT2D eigenvalue weighted by Gasteiger charge is -2.21. The number of carbonyl (C=O) groups excluding carboxylic acids is 2. The topological polar surface area (TPSA) is 123 Å². The number of anilines is 3. The van der Waals surface area contributed by atoms with E-state index in [1.54, 1.807) is 61.8 Å². The molecule has 0 saturated carbocycles. The Bertz CT molecular complexity index is 2400. The minimum Gasteiger partial charge on any atom is -0.455 e. The summed E-state index contributed by atoms with van der Waals surface area (Å²) < 4.78 is 13.4. The second-order valence-electron chi connectivity index (χ2n) is 13.0. The Labute approximate surface area is 303 Å². The van der Waals surface area contributed by atoms with Gasteiger partial charge in [-0.05, 0) is 93.4 Å². The summed E-state index contributed by atoms with van der Waals surface area (Å²) in [5.74, 6) is -0.397. The van der Waals surface area contributed by atoms with E-state index < -0.39 is 17.6 Å². The van der Waals surface area contributed by atoms with E-state index in [4.69, 9.17) is 37.3 Å². The quantitative estimate of drug-likeness (QED) is 0.136. The second kappa shape index (κ2) is 14.0. The summed E-state index contributed by atoms with van der Waals surface area (Å²) in [7, 11) is 0. The summed E-state index contributed by atoms with van der Waals surface area (Å²) in [5, 5.41) is 16.4. The standard InChI is InChI=1S/C39H34Cl2N6O4/c1-39(2,3)51-38(49)42-19-18-27(23-11-16-31(40)32(41)21-23)36(48)44-24-12-14-25(15-13-24)45-37-46-33(22-26-17-20-43-47(26)37)30-9-6-8-29-28-7-4-5-10-34(28)50-35(29)30/h4-17,20-22,27H,18-19H2,1-3H3,(H,42,49)(H,44,48)(H,45,46). The van der Waals surface area contributed by atoms with Gasteiger partial charge >= 0.3 is 6.09 Å². The number of carbonyl (C=O) groups is 2. The number of nitrogens with one attached hydrogen (secondary N) is 3. The van der Waals surface area contributed by atoms with Gasteiger partial charge in [-0.15, -0.1) is 0 Å². The van der Waals surface area contributed by atoms with Gasteiger partial charge in [0.2, 0.25) is 11.9 Å². The fourth-order valence-electron chi connectivity index (χ4n) is 5.91. The minimum absolute atomic E-state index is 0.203. The molecule has 0 aliphatic rings. The van der Waals surface area contributed by atoms with Crippen LogP contribution in [0.4, 0.5) is 22.1 Å². The first-order chi connectivity index (χ1) is 24.5. The van der Waals surface area contributed by atoms with Crippen molar-refractivity contribution in [1.82, 2.24) is 19.9 Å². The molecule has 0 aliphatic carbocycles. The summed E-state index contributed by atoms with van der Waals surface area (Å²) in [6.07, 6.45) is 1.46. The third-order valence-corrected chi connectivity index (χ3v) is 8.98. The van der Waals surface area contributed by atoms with E-state index in [-0.39, 0.29) is 12.5 Å². The van der Waals surface area contributed by atoms with Crippen molar-refractivity contribution in [2.24, 2.45) is 0 Å². The van der Waals surface area contributed by atoms with Crippen LogP contribution in [0, 0.1) is 0 Å². The Morgan fingerprint density at radius 2 is 1.65 bits per heavy atom. The third kappa shape index (κ3) is 7.47. The highest BCUT2D eigenvalue weighted by atomic mass is 35.5. The normalized spacial score (nSPS) is 12.3. The number of fused-ring (bicyclic) bond motifs is 4. The van der Waals surface area contributed by atoms with Crippen LogP contribution in [0.15, 0.2) is 108 Å². The van der Waals surface area contributed by atoms with E-state index in [2.05, 4.69) is 33.2 Å². The monoisotopic (exact) mass is 720 g/mol. The molecular weight excluding hydrogens is 687 g/mol. The van der Waals surface area contributed by atoms with Gasteiger partial charge in [0.05, 0.1) is 33.4 Å². The summed E-state index contributed by atoms with van der Waals surface area (Å²) in [6, 6.07) is 30.3. The Balaban J connectivity index is 1.10. The lowest BCUT2D eigenvalue weighted by molar-refractivity contribution is -0.117. The molecular formula is C39H34Cl2N6O4. The molecule has 3 heterocycles. The van der Waals surface area contributed by atoms with Crippen LogP contribution in [0.25, 0.3) is 38.7 Å². The van der Waals surface area contributed by atoms with E-state index in [1.165, 1.54) is 0 Å². The van der Waals surface area contributed by atoms with Crippen molar-refractivity contribution in [1.29, 1.82) is 0 Å². The van der Waals surface area contributed by atoms with Crippen LogP contribution in [0.2, 0.25) is 10.0 Å². The van der Waals surface area contributed by atoms with Crippen LogP contribution in [0.5, 0.6) is 0 Å². The highest BCUT2D eigenvalue weighted by Crippen LogP contribution is 2.36. The molecule has 0 bridgehead atoms. The van der Waals surface area contributed by atoms with Gasteiger partial charge in [0.15, 0.2) is 0 Å². The van der Waals surface area contributed by atoms with Crippen LogP contribution in [0.1, 0.15) is 38.7 Å². The zero-order chi connectivity index (χ0) is 35.7. The Morgan fingerprint density at radius 3 is 2.43 bits per heavy atom. The highest BCUT2D eigenvalue weighted by molar-refractivity contribution is 6.42. The van der Waals surface area contributed by atoms with Crippen molar-refractivity contribution in [2.45, 2.75) is 38.7 Å². The van der Waals surface area contributed by atoms with Gasteiger partial charge in [-0.1, -0.05) is 59.6 Å². The molecule has 0 spiro atoms. The Morgan fingerprint density at radius 1 is 0.882 bits per heavy atom. The van der Waals surface area contributed by atoms with Crippen molar-refractivity contribution in [2.75, 3.05) is 17.2 Å². The molecule has 51 heavy (non-hydrogen) atoms. The van der Waals surface area contributed by atoms with Gasteiger partial charge < -0.3 is 25.1 Å². The zero-order valence-corrected chi connectivity index (χ0v) is 29.5. The average molecular weight is 722 g/mol. The summed E-state index contributed by atoms with van der Waals surface area (Å²) >= 11 is 12.5. The van der Waals surface area contributed by atoms with Crippen LogP contribution in [0.3, 0.4) is 0 Å². The molecule has 12 heteroatoms. The average Bonchev–Trinajstić information content (AvgIpc) is 3.73. The summed E-state index contributed by atoms with van der Waals surface area (Å²) in [6.45, 7) is 5.56. The number of alkyl carbamates (subject to hydrolysis) is 1. The van der Waals surface area contributed by atoms with Crippen LogP contribution >= 0.6 is 23.2 Å². The lowest BCUT2D eigenvalue weighted by atomic mass is 9.94. The van der Waals surface area contributed by atoms with Gasteiger partial charge in [-0.3, -0.25) is 4.79 Å². The van der Waals surface area contributed by atoms with Crippen LogP contribution in [-0.2, 0) is 9.53 Å². The van der Waals surface area contributed by atoms with E-state index in [0.717, 1.165) is 44.4 Å². The maximum absolute atomic E-state index is 13.7. The minimum atomic E-state index is -0.640. The van der Waals surface area contributed by atoms with Crippen molar-refractivity contribution in [3.63, 3.8) is 0 Å². The zero-order valence-electron chi connectivity index (χ0n) is 28.0. The maximum Gasteiger partial charge on any atom is 0.407 e. The van der Waals surface area contributed by atoms with Crippen molar-refractivity contribution < 1.29 is 18.7 Å². The molecule has 7 rings (SSSR count). The fraction of sp³-hybridized carbons (Fsp3) is 0.179. The molecule has 0 radical (unpaired) electrons. The van der Waals surface area contributed by atoms with Crippen LogP contribution in [-0.4, -0.2) is 38.7 Å². The summed E-state index contributed by atoms with van der Waals surface area (Å²) in [5.41, 5.74) is 5.38. The first-order valence-corrected chi connectivity index (χ1v) is 17.1. The van der Waals surface area contributed by atoms with Crippen LogP contribution < -0.4 is 16.0 Å². The molecule has 4 aromatic carbocycles. The maximum atomic E-state index is 13.7. The molecule has 10 nitrogen and oxygen atoms in total. The molecule has 1 atom stereocenters. The molecule has 258 valence electrons.